The van der Waals surface area contributed by atoms with E-state index in [1.54, 1.807) is 18.2 Å². The molecule has 258 valence electrons. The van der Waals surface area contributed by atoms with Gasteiger partial charge in [0.15, 0.2) is 5.82 Å². The normalized spacial score (nSPS) is 25.0. The van der Waals surface area contributed by atoms with Gasteiger partial charge in [-0.05, 0) is 84.8 Å². The van der Waals surface area contributed by atoms with Crippen molar-refractivity contribution >= 4 is 33.4 Å². The Kier molecular flexibility index (Phi) is 8.47. The number of alkyl halides is 1. The number of ether oxygens (including phenoxy) is 2. The standard InChI is InChI=1S/C37H40F3N5O4/c38-24-17-37(10-2-12-45(37)19-24)21-49-36-42-34-28-7-6-26(33(34)40)29-16-25(46)15-23-5-8-30(39)27(32(23)29)3-1-4-31(47)41-11-9-22-18-44(35(28)43-36)13-14-48-20-22/h5-8,15-16,22,24,46H,1-4,9-14,17-21H2,(H,41,47). The van der Waals surface area contributed by atoms with Crippen LogP contribution in [0.2, 0.25) is 0 Å². The first kappa shape index (κ1) is 32.1. The fourth-order valence-electron chi connectivity index (χ4n) is 8.42. The smallest absolute Gasteiger partial charge is 0.319 e. The van der Waals surface area contributed by atoms with Gasteiger partial charge in [-0.1, -0.05) is 12.1 Å². The molecule has 2 N–H and O–H groups in total. The van der Waals surface area contributed by atoms with Crippen molar-refractivity contribution in [3.63, 3.8) is 0 Å². The summed E-state index contributed by atoms with van der Waals surface area (Å²) in [6.45, 7) is 3.82. The molecule has 6 bridgehead atoms. The number of halogens is 3. The van der Waals surface area contributed by atoms with Crippen LogP contribution in [0.25, 0.3) is 32.8 Å². The number of aromatic hydroxyl groups is 1. The third kappa shape index (κ3) is 6.03. The van der Waals surface area contributed by atoms with Crippen molar-refractivity contribution in [2.75, 3.05) is 57.4 Å². The van der Waals surface area contributed by atoms with E-state index in [2.05, 4.69) is 20.1 Å². The zero-order valence-corrected chi connectivity index (χ0v) is 27.3. The van der Waals surface area contributed by atoms with E-state index in [4.69, 9.17) is 14.5 Å². The van der Waals surface area contributed by atoms with Gasteiger partial charge in [0.2, 0.25) is 5.91 Å². The van der Waals surface area contributed by atoms with Gasteiger partial charge in [-0.2, -0.15) is 9.97 Å². The van der Waals surface area contributed by atoms with Crippen LogP contribution < -0.4 is 15.0 Å². The number of carbonyl (C=O) groups is 1. The van der Waals surface area contributed by atoms with Crippen molar-refractivity contribution < 1.29 is 32.5 Å². The number of nitrogens with zero attached hydrogens (tertiary/aromatic N) is 4. The van der Waals surface area contributed by atoms with Gasteiger partial charge >= 0.3 is 6.01 Å². The van der Waals surface area contributed by atoms with Crippen LogP contribution in [-0.4, -0.2) is 90.1 Å². The Labute approximate surface area is 282 Å². The molecule has 49 heavy (non-hydrogen) atoms. The van der Waals surface area contributed by atoms with Crippen LogP contribution in [0, 0.1) is 17.6 Å². The third-order valence-corrected chi connectivity index (χ3v) is 10.8. The van der Waals surface area contributed by atoms with Gasteiger partial charge < -0.3 is 24.8 Å². The molecule has 6 heterocycles. The number of rotatable bonds is 3. The molecule has 3 atom stereocenters. The highest BCUT2D eigenvalue weighted by Crippen LogP contribution is 2.42. The summed E-state index contributed by atoms with van der Waals surface area (Å²) in [7, 11) is 0. The number of fused-ring (bicyclic) bond motifs is 8. The van der Waals surface area contributed by atoms with E-state index in [1.165, 1.54) is 18.2 Å². The number of aryl methyl sites for hydroxylation is 1. The summed E-state index contributed by atoms with van der Waals surface area (Å²) in [4.78, 5) is 26.5. The monoisotopic (exact) mass is 675 g/mol. The lowest BCUT2D eigenvalue weighted by Crippen LogP contribution is -2.43. The van der Waals surface area contributed by atoms with Crippen molar-refractivity contribution in [3.8, 4) is 22.9 Å². The Morgan fingerprint density at radius 1 is 1.06 bits per heavy atom. The lowest BCUT2D eigenvalue weighted by atomic mass is 9.91. The number of nitrogens with one attached hydrogen (secondary N) is 1. The van der Waals surface area contributed by atoms with Gasteiger partial charge in [-0.15, -0.1) is 0 Å². The number of aromatic nitrogens is 2. The molecule has 12 heteroatoms. The van der Waals surface area contributed by atoms with E-state index in [-0.39, 0.29) is 54.1 Å². The second kappa shape index (κ2) is 12.9. The number of hydrogen-bond acceptors (Lipinski definition) is 8. The molecule has 1 aromatic heterocycles. The van der Waals surface area contributed by atoms with Crippen molar-refractivity contribution in [1.29, 1.82) is 0 Å². The maximum atomic E-state index is 17.1. The van der Waals surface area contributed by atoms with E-state index in [9.17, 15) is 14.3 Å². The van der Waals surface area contributed by atoms with Gasteiger partial charge in [0.05, 0.1) is 18.8 Å². The van der Waals surface area contributed by atoms with Crippen LogP contribution in [0.4, 0.5) is 19.0 Å². The van der Waals surface area contributed by atoms with Crippen LogP contribution in [0.5, 0.6) is 11.8 Å². The van der Waals surface area contributed by atoms with Gasteiger partial charge in [0.25, 0.3) is 0 Å². The van der Waals surface area contributed by atoms with Crippen LogP contribution in [-0.2, 0) is 16.0 Å². The zero-order valence-electron chi connectivity index (χ0n) is 27.3. The summed E-state index contributed by atoms with van der Waals surface area (Å²) >= 11 is 0. The first-order valence-corrected chi connectivity index (χ1v) is 17.3. The lowest BCUT2D eigenvalue weighted by Gasteiger charge is -2.31. The summed E-state index contributed by atoms with van der Waals surface area (Å²) in [6, 6.07) is 9.28. The molecule has 0 aliphatic carbocycles. The minimum atomic E-state index is -0.928. The number of hydrogen-bond donors (Lipinski definition) is 2. The van der Waals surface area contributed by atoms with E-state index >= 15 is 8.78 Å². The van der Waals surface area contributed by atoms with Crippen molar-refractivity contribution in [2.45, 2.75) is 56.7 Å². The van der Waals surface area contributed by atoms with Crippen molar-refractivity contribution in [2.24, 2.45) is 5.92 Å². The van der Waals surface area contributed by atoms with Gasteiger partial charge in [-0.25, -0.2) is 13.2 Å². The van der Waals surface area contributed by atoms with Crippen LogP contribution >= 0.6 is 0 Å². The SMILES string of the molecule is O=C1CCCc2c(F)ccc3cc(O)cc(c23)-c2ccc3c(nc(OCC45CCCN4CC(F)C5)nc3c2F)N2CCOCC(CCN1)C2. The van der Waals surface area contributed by atoms with Crippen LogP contribution in [0.15, 0.2) is 36.4 Å². The number of amides is 1. The molecule has 3 aromatic carbocycles. The molecular weight excluding hydrogens is 635 g/mol. The summed E-state index contributed by atoms with van der Waals surface area (Å²) in [5, 5.41) is 15.2. The van der Waals surface area contributed by atoms with Crippen molar-refractivity contribution in [3.05, 3.63) is 53.6 Å². The zero-order chi connectivity index (χ0) is 33.7. The van der Waals surface area contributed by atoms with Crippen LogP contribution in [0.1, 0.15) is 44.1 Å². The van der Waals surface area contributed by atoms with E-state index in [0.717, 1.165) is 19.4 Å². The predicted octanol–water partition coefficient (Wildman–Crippen LogP) is 5.68. The molecule has 5 aliphatic heterocycles. The summed E-state index contributed by atoms with van der Waals surface area (Å²) in [6.07, 6.45) is 2.72. The second-order valence-corrected chi connectivity index (χ2v) is 14.0. The molecule has 3 fully saturated rings. The highest BCUT2D eigenvalue weighted by molar-refractivity contribution is 6.03. The lowest BCUT2D eigenvalue weighted by molar-refractivity contribution is -0.121. The maximum Gasteiger partial charge on any atom is 0.319 e. The Balaban J connectivity index is 1.30. The molecule has 9 rings (SSSR count). The fraction of sp³-hybridized carbons (Fsp3) is 0.486. The van der Waals surface area contributed by atoms with Gasteiger partial charge in [0.1, 0.15) is 35.7 Å². The first-order chi connectivity index (χ1) is 23.8. The molecule has 1 amide bonds. The average molecular weight is 676 g/mol. The van der Waals surface area contributed by atoms with Crippen LogP contribution in [0.3, 0.4) is 0 Å². The average Bonchev–Trinajstić information content (AvgIpc) is 3.50. The largest absolute Gasteiger partial charge is 0.508 e. The predicted molar refractivity (Wildman–Crippen MR) is 180 cm³/mol. The third-order valence-electron chi connectivity index (χ3n) is 10.8. The van der Waals surface area contributed by atoms with Gasteiger partial charge in [0, 0.05) is 55.9 Å². The Morgan fingerprint density at radius 3 is 2.86 bits per heavy atom. The summed E-state index contributed by atoms with van der Waals surface area (Å²) in [5.41, 5.74) is 0.406. The first-order valence-electron chi connectivity index (χ1n) is 17.3. The number of carbonyl (C=O) groups excluding carboxylic acids is 1. The Bertz CT molecular complexity index is 1930. The topological polar surface area (TPSA) is 100 Å². The molecule has 0 spiro atoms. The summed E-state index contributed by atoms with van der Waals surface area (Å²) in [5.74, 6) is -0.765. The maximum absolute atomic E-state index is 17.1. The molecule has 3 saturated heterocycles. The van der Waals surface area contributed by atoms with E-state index in [1.807, 2.05) is 0 Å². The Morgan fingerprint density at radius 2 is 1.96 bits per heavy atom. The number of benzene rings is 3. The highest BCUT2D eigenvalue weighted by atomic mass is 19.1. The molecule has 0 radical (unpaired) electrons. The van der Waals surface area contributed by atoms with Crippen molar-refractivity contribution in [1.82, 2.24) is 20.2 Å². The quantitative estimate of drug-likeness (QED) is 0.286. The molecule has 4 aromatic rings. The number of anilines is 1. The minimum absolute atomic E-state index is 0.00188. The molecule has 5 aliphatic rings. The molecule has 9 nitrogen and oxygen atoms in total. The number of phenolic OH excluding ortho intramolecular Hbond substituents is 1. The summed E-state index contributed by atoms with van der Waals surface area (Å²) < 4.78 is 59.4. The second-order valence-electron chi connectivity index (χ2n) is 14.0. The van der Waals surface area contributed by atoms with Gasteiger partial charge in [-0.3, -0.25) is 9.69 Å². The molecular formula is C37H40F3N5O4. The number of phenols is 1. The molecule has 0 saturated carbocycles. The fourth-order valence-corrected chi connectivity index (χ4v) is 8.42. The molecule has 3 unspecified atom stereocenters. The Hall–Kier alpha value is -4.16. The minimum Gasteiger partial charge on any atom is -0.508 e. The highest BCUT2D eigenvalue weighted by Gasteiger charge is 2.49. The van der Waals surface area contributed by atoms with E-state index in [0.29, 0.717) is 91.8 Å². The van der Waals surface area contributed by atoms with E-state index < -0.39 is 23.3 Å².